The molecule has 48 valence electrons. The summed E-state index contributed by atoms with van der Waals surface area (Å²) in [5.41, 5.74) is 0. The Morgan fingerprint density at radius 1 is 1.56 bits per heavy atom. The smallest absolute Gasteiger partial charge is 0.232 e. The maximum Gasteiger partial charge on any atom is 0.232 e. The first-order valence-electron chi connectivity index (χ1n) is 2.82. The standard InChI is InChI=1S/C6H8N2O/c1-2-9-6-5-7-3-4-8-6/h3-5H,2H2,1H3. The van der Waals surface area contributed by atoms with Crippen LogP contribution in [0.1, 0.15) is 6.92 Å². The van der Waals surface area contributed by atoms with Gasteiger partial charge in [0.15, 0.2) is 0 Å². The second-order valence-corrected chi connectivity index (χ2v) is 1.48. The second-order valence-electron chi connectivity index (χ2n) is 1.48. The largest absolute Gasteiger partial charge is 0.477 e. The highest BCUT2D eigenvalue weighted by atomic mass is 16.5. The maximum absolute atomic E-state index is 5.03. The van der Waals surface area contributed by atoms with Gasteiger partial charge in [-0.05, 0) is 6.92 Å². The van der Waals surface area contributed by atoms with Crippen molar-refractivity contribution in [3.8, 4) is 5.88 Å². The SMILES string of the molecule is CCOc1cnccn1. The van der Waals surface area contributed by atoms with Gasteiger partial charge in [-0.2, -0.15) is 0 Å². The molecule has 0 saturated heterocycles. The molecule has 0 atom stereocenters. The van der Waals surface area contributed by atoms with E-state index in [4.69, 9.17) is 4.74 Å². The molecule has 0 unspecified atom stereocenters. The van der Waals surface area contributed by atoms with Crippen LogP contribution in [0.25, 0.3) is 0 Å². The van der Waals surface area contributed by atoms with Gasteiger partial charge in [0.2, 0.25) is 5.88 Å². The molecule has 0 saturated carbocycles. The van der Waals surface area contributed by atoms with E-state index in [0.29, 0.717) is 12.5 Å². The summed E-state index contributed by atoms with van der Waals surface area (Å²) in [6.45, 7) is 2.55. The Morgan fingerprint density at radius 3 is 3.00 bits per heavy atom. The molecular formula is C6H8N2O. The Morgan fingerprint density at radius 2 is 2.44 bits per heavy atom. The van der Waals surface area contributed by atoms with Gasteiger partial charge in [0.25, 0.3) is 0 Å². The van der Waals surface area contributed by atoms with E-state index in [1.807, 2.05) is 6.92 Å². The first kappa shape index (κ1) is 6.01. The molecule has 3 heteroatoms. The normalized spacial score (nSPS) is 9.00. The van der Waals surface area contributed by atoms with Crippen LogP contribution in [0.4, 0.5) is 0 Å². The van der Waals surface area contributed by atoms with Crippen LogP contribution in [0, 0.1) is 0 Å². The Hall–Kier alpha value is -1.12. The average molecular weight is 124 g/mol. The molecule has 0 bridgehead atoms. The molecule has 0 radical (unpaired) electrons. The molecule has 0 aromatic carbocycles. The van der Waals surface area contributed by atoms with Crippen LogP contribution in [-0.2, 0) is 0 Å². The number of aromatic nitrogens is 2. The summed E-state index contributed by atoms with van der Waals surface area (Å²) in [5.74, 6) is 0.583. The summed E-state index contributed by atoms with van der Waals surface area (Å²) in [6, 6.07) is 0. The second kappa shape index (κ2) is 3.02. The summed E-state index contributed by atoms with van der Waals surface area (Å²) < 4.78 is 5.03. The zero-order valence-electron chi connectivity index (χ0n) is 5.24. The third-order valence-corrected chi connectivity index (χ3v) is 0.832. The summed E-state index contributed by atoms with van der Waals surface area (Å²) in [5, 5.41) is 0. The molecule has 1 aromatic rings. The number of ether oxygens (including phenoxy) is 1. The lowest BCUT2D eigenvalue weighted by atomic mass is 10.7. The topological polar surface area (TPSA) is 35.0 Å². The van der Waals surface area contributed by atoms with E-state index in [1.165, 1.54) is 0 Å². The Balaban J connectivity index is 2.61. The molecule has 1 rings (SSSR count). The molecule has 0 aliphatic carbocycles. The fraction of sp³-hybridized carbons (Fsp3) is 0.333. The molecule has 0 amide bonds. The first-order valence-corrected chi connectivity index (χ1v) is 2.82. The summed E-state index contributed by atoms with van der Waals surface area (Å²) in [6.07, 6.45) is 4.80. The summed E-state index contributed by atoms with van der Waals surface area (Å²) in [7, 11) is 0. The van der Waals surface area contributed by atoms with E-state index in [1.54, 1.807) is 18.6 Å². The fourth-order valence-corrected chi connectivity index (χ4v) is 0.508. The van der Waals surface area contributed by atoms with E-state index in [-0.39, 0.29) is 0 Å². The zero-order valence-corrected chi connectivity index (χ0v) is 5.24. The number of nitrogens with zero attached hydrogens (tertiary/aromatic N) is 2. The van der Waals surface area contributed by atoms with Crippen LogP contribution in [0.3, 0.4) is 0 Å². The van der Waals surface area contributed by atoms with Crippen LogP contribution < -0.4 is 4.74 Å². The number of rotatable bonds is 2. The minimum absolute atomic E-state index is 0.583. The highest BCUT2D eigenvalue weighted by Gasteiger charge is 1.86. The monoisotopic (exact) mass is 124 g/mol. The average Bonchev–Trinajstić information content (AvgIpc) is 1.91. The number of hydrogen-bond acceptors (Lipinski definition) is 3. The van der Waals surface area contributed by atoms with Crippen molar-refractivity contribution in [1.82, 2.24) is 9.97 Å². The molecular weight excluding hydrogens is 116 g/mol. The van der Waals surface area contributed by atoms with Crippen molar-refractivity contribution in [3.63, 3.8) is 0 Å². The van der Waals surface area contributed by atoms with Crippen molar-refractivity contribution < 1.29 is 4.74 Å². The van der Waals surface area contributed by atoms with Gasteiger partial charge in [-0.1, -0.05) is 0 Å². The van der Waals surface area contributed by atoms with Gasteiger partial charge < -0.3 is 4.74 Å². The van der Waals surface area contributed by atoms with Crippen LogP contribution in [0.15, 0.2) is 18.6 Å². The van der Waals surface area contributed by atoms with Crippen molar-refractivity contribution in [2.24, 2.45) is 0 Å². The third kappa shape index (κ3) is 1.68. The molecule has 0 aliphatic rings. The van der Waals surface area contributed by atoms with Gasteiger partial charge in [-0.3, -0.25) is 4.98 Å². The maximum atomic E-state index is 5.03. The molecule has 0 N–H and O–H groups in total. The molecule has 1 heterocycles. The lowest BCUT2D eigenvalue weighted by Crippen LogP contribution is -1.93. The molecule has 3 nitrogen and oxygen atoms in total. The minimum atomic E-state index is 0.583. The van der Waals surface area contributed by atoms with Gasteiger partial charge in [0.1, 0.15) is 0 Å². The lowest BCUT2D eigenvalue weighted by Gasteiger charge is -1.96. The van der Waals surface area contributed by atoms with E-state index in [0.717, 1.165) is 0 Å². The Kier molecular flexibility index (Phi) is 2.01. The molecule has 0 aliphatic heterocycles. The summed E-state index contributed by atoms with van der Waals surface area (Å²) >= 11 is 0. The van der Waals surface area contributed by atoms with Crippen LogP contribution >= 0.6 is 0 Å². The van der Waals surface area contributed by atoms with Crippen LogP contribution in [-0.4, -0.2) is 16.6 Å². The van der Waals surface area contributed by atoms with Gasteiger partial charge in [0.05, 0.1) is 12.8 Å². The van der Waals surface area contributed by atoms with Crippen LogP contribution in [0.2, 0.25) is 0 Å². The highest BCUT2D eigenvalue weighted by molar-refractivity contribution is 5.00. The van der Waals surface area contributed by atoms with Crippen LogP contribution in [0.5, 0.6) is 5.88 Å². The molecule has 0 spiro atoms. The highest BCUT2D eigenvalue weighted by Crippen LogP contribution is 1.98. The first-order chi connectivity index (χ1) is 4.43. The minimum Gasteiger partial charge on any atom is -0.477 e. The van der Waals surface area contributed by atoms with Gasteiger partial charge in [0, 0.05) is 12.4 Å². The molecule has 9 heavy (non-hydrogen) atoms. The lowest BCUT2D eigenvalue weighted by molar-refractivity contribution is 0.325. The summed E-state index contributed by atoms with van der Waals surface area (Å²) in [4.78, 5) is 7.70. The number of hydrogen-bond donors (Lipinski definition) is 0. The van der Waals surface area contributed by atoms with Crippen molar-refractivity contribution in [3.05, 3.63) is 18.6 Å². The van der Waals surface area contributed by atoms with E-state index in [2.05, 4.69) is 9.97 Å². The van der Waals surface area contributed by atoms with Gasteiger partial charge in [-0.25, -0.2) is 4.98 Å². The van der Waals surface area contributed by atoms with E-state index < -0.39 is 0 Å². The van der Waals surface area contributed by atoms with E-state index in [9.17, 15) is 0 Å². The van der Waals surface area contributed by atoms with Gasteiger partial charge >= 0.3 is 0 Å². The van der Waals surface area contributed by atoms with Gasteiger partial charge in [-0.15, -0.1) is 0 Å². The third-order valence-electron chi connectivity index (χ3n) is 0.832. The predicted octanol–water partition coefficient (Wildman–Crippen LogP) is 0.875. The quantitative estimate of drug-likeness (QED) is 0.587. The fourth-order valence-electron chi connectivity index (χ4n) is 0.508. The Labute approximate surface area is 53.7 Å². The predicted molar refractivity (Wildman–Crippen MR) is 33.2 cm³/mol. The molecule has 0 fully saturated rings. The zero-order chi connectivity index (χ0) is 6.53. The van der Waals surface area contributed by atoms with E-state index >= 15 is 0 Å². The Bertz CT molecular complexity index is 164. The van der Waals surface area contributed by atoms with Crippen molar-refractivity contribution in [1.29, 1.82) is 0 Å². The van der Waals surface area contributed by atoms with Crippen molar-refractivity contribution in [2.75, 3.05) is 6.61 Å². The molecule has 1 aromatic heterocycles. The van der Waals surface area contributed by atoms with Crippen molar-refractivity contribution in [2.45, 2.75) is 6.92 Å². The van der Waals surface area contributed by atoms with Crippen molar-refractivity contribution >= 4 is 0 Å².